The summed E-state index contributed by atoms with van der Waals surface area (Å²) >= 11 is 0. The Morgan fingerprint density at radius 2 is 0.608 bits per heavy atom. The van der Waals surface area contributed by atoms with Crippen molar-refractivity contribution >= 4 is 43.6 Å². The second-order valence-corrected chi connectivity index (χ2v) is 30.3. The third kappa shape index (κ3) is 13.4. The molecule has 4 fully saturated rings. The van der Waals surface area contributed by atoms with Gasteiger partial charge < -0.3 is 0 Å². The Kier molecular flexibility index (Phi) is 20.5. The van der Waals surface area contributed by atoms with Gasteiger partial charge in [-0.1, -0.05) is 68.9 Å². The average molecular weight is 1370 g/mol. The van der Waals surface area contributed by atoms with Gasteiger partial charge in [-0.2, -0.15) is 0 Å². The van der Waals surface area contributed by atoms with Gasteiger partial charge in [0.2, 0.25) is 0 Å². The van der Waals surface area contributed by atoms with Crippen LogP contribution >= 0.6 is 0 Å². The van der Waals surface area contributed by atoms with Gasteiger partial charge in [0.05, 0.1) is 49.7 Å². The van der Waals surface area contributed by atoms with Crippen LogP contribution in [-0.4, -0.2) is 19.9 Å². The molecule has 0 bridgehead atoms. The second-order valence-electron chi connectivity index (χ2n) is 30.3. The van der Waals surface area contributed by atoms with Crippen LogP contribution in [0.3, 0.4) is 0 Å². The molecule has 0 atom stereocenters. The molecule has 4 aromatic heterocycles. The van der Waals surface area contributed by atoms with Crippen LogP contribution in [0.1, 0.15) is 203 Å². The molecule has 0 amide bonds. The monoisotopic (exact) mass is 1370 g/mol. The van der Waals surface area contributed by atoms with Gasteiger partial charge in [-0.25, -0.2) is 35.8 Å². The number of rotatable bonds is 8. The molecular weight excluding hydrogens is 1270 g/mol. The van der Waals surface area contributed by atoms with E-state index in [1.54, 1.807) is 0 Å². The summed E-state index contributed by atoms with van der Waals surface area (Å²) in [4.78, 5) is 18.7. The van der Waals surface area contributed by atoms with E-state index in [-0.39, 0.29) is 23.3 Å². The smallest absolute Gasteiger partial charge is 0.232 e. The zero-order valence-electron chi connectivity index (χ0n) is 62.8. The Hall–Kier alpha value is -9.16. The van der Waals surface area contributed by atoms with Crippen molar-refractivity contribution in [3.63, 3.8) is 0 Å². The predicted molar refractivity (Wildman–Crippen MR) is 406 cm³/mol. The highest BCUT2D eigenvalue weighted by Crippen LogP contribution is 2.44. The number of fused-ring (bicyclic) bond motifs is 4. The SMILES string of the molecule is Cc1cc(-c2c3cc(C4CCCC4)ccc3nc[n+]2C)c(C)c(C)c1F.Cc1cc(-c2c3ccc(C4CCC4)cc3nc[n+]2C)c(C)c(C)c1F.Cc1cc(-c2c3ccc(C4CCCC4)cc3nc[n+]2C)c(C)c(C)c1F.Cc1cc(-c2c3cccc(C4CCC4)c3nc[n+]2C)c(C)c(C)c1F. The van der Waals surface area contributed by atoms with Crippen molar-refractivity contribution in [1.29, 1.82) is 0 Å². The van der Waals surface area contributed by atoms with Gasteiger partial charge in [0.15, 0.2) is 22.1 Å². The van der Waals surface area contributed by atoms with E-state index in [4.69, 9.17) is 4.98 Å². The van der Waals surface area contributed by atoms with Gasteiger partial charge in [-0.3, -0.25) is 0 Å². The van der Waals surface area contributed by atoms with Gasteiger partial charge in [0.1, 0.15) is 46.0 Å². The minimum Gasteiger partial charge on any atom is -0.232 e. The van der Waals surface area contributed by atoms with Crippen molar-refractivity contribution in [3.8, 4) is 45.0 Å². The van der Waals surface area contributed by atoms with E-state index in [2.05, 4.69) is 101 Å². The Morgan fingerprint density at radius 1 is 0.294 bits per heavy atom. The maximum absolute atomic E-state index is 14.4. The number of halogens is 4. The lowest BCUT2D eigenvalue weighted by atomic mass is 9.79. The highest BCUT2D eigenvalue weighted by atomic mass is 19.1. The quantitative estimate of drug-likeness (QED) is 0.112. The summed E-state index contributed by atoms with van der Waals surface area (Å²) in [6.45, 7) is 22.9. The summed E-state index contributed by atoms with van der Waals surface area (Å²) in [5, 5.41) is 4.57. The lowest BCUT2D eigenvalue weighted by Crippen LogP contribution is -2.32. The van der Waals surface area contributed by atoms with Crippen molar-refractivity contribution in [3.05, 3.63) is 235 Å². The van der Waals surface area contributed by atoms with Crippen molar-refractivity contribution < 1.29 is 35.8 Å². The third-order valence-corrected chi connectivity index (χ3v) is 23.8. The van der Waals surface area contributed by atoms with E-state index < -0.39 is 0 Å². The van der Waals surface area contributed by atoms with Crippen LogP contribution in [0.4, 0.5) is 17.6 Å². The third-order valence-electron chi connectivity index (χ3n) is 23.8. The first-order valence-electron chi connectivity index (χ1n) is 37.1. The van der Waals surface area contributed by atoms with Crippen LogP contribution in [0.25, 0.3) is 88.6 Å². The number of aryl methyl sites for hydroxylation is 8. The standard InChI is InChI=1S/2C23H26FN2.2C22H24FN2/c1-14-11-19(15(2)16(3)22(14)24)23-20-12-18(17-7-5-6-8-17)9-10-21(20)25-13-26(23)4;1-14-11-20(15(2)16(3)22(14)24)23-19-10-9-18(17-7-5-6-8-17)12-21(19)25-13-26(23)4;1-13-11-19(14(2)15(3)20(13)23)22-18-10-6-9-17(16-7-5-8-16)21(18)24-12-25(22)4;1-13-10-19(14(2)15(3)21(13)23)22-18-9-8-17(16-6-5-7-16)11-20(18)24-12-25(22)4/h2*9-13,17H,5-8H2,1-4H3;6,9-12,16H,5,7-8H2,1-4H3;8-12,16H,5-7H2,1-4H3/q4*+1. The zero-order valence-corrected chi connectivity index (χ0v) is 62.8. The average Bonchev–Trinajstić information content (AvgIpc) is 0.927. The maximum atomic E-state index is 14.4. The Balaban J connectivity index is 0.000000121. The van der Waals surface area contributed by atoms with E-state index in [9.17, 15) is 17.6 Å². The van der Waals surface area contributed by atoms with Crippen LogP contribution in [0.2, 0.25) is 0 Å². The molecule has 4 saturated carbocycles. The Morgan fingerprint density at radius 3 is 0.971 bits per heavy atom. The molecule has 12 heteroatoms. The Bertz CT molecular complexity index is 5290. The molecule has 4 heterocycles. The first kappa shape index (κ1) is 71.2. The molecule has 0 radical (unpaired) electrons. The summed E-state index contributed by atoms with van der Waals surface area (Å²) in [5.74, 6) is 2.27. The van der Waals surface area contributed by atoms with E-state index in [1.807, 2.05) is 165 Å². The number of nitrogens with zero attached hydrogens (tertiary/aromatic N) is 8. The molecule has 4 aliphatic rings. The molecule has 16 rings (SSSR count). The second kappa shape index (κ2) is 29.3. The summed E-state index contributed by atoms with van der Waals surface area (Å²) in [7, 11) is 8.07. The molecule has 8 aromatic carbocycles. The van der Waals surface area contributed by atoms with Crippen LogP contribution < -0.4 is 18.3 Å². The molecule has 102 heavy (non-hydrogen) atoms. The molecule has 0 spiro atoms. The zero-order chi connectivity index (χ0) is 72.3. The molecule has 4 aliphatic carbocycles. The molecule has 12 aromatic rings. The van der Waals surface area contributed by atoms with Gasteiger partial charge in [-0.15, -0.1) is 0 Å². The van der Waals surface area contributed by atoms with Gasteiger partial charge in [0, 0.05) is 27.8 Å². The highest BCUT2D eigenvalue weighted by Gasteiger charge is 2.30. The number of aromatic nitrogens is 8. The fourth-order valence-corrected chi connectivity index (χ4v) is 16.6. The van der Waals surface area contributed by atoms with E-state index in [1.165, 1.54) is 112 Å². The van der Waals surface area contributed by atoms with Crippen LogP contribution in [0, 0.1) is 106 Å². The molecular formula is C90H100F4N8+4. The lowest BCUT2D eigenvalue weighted by Gasteiger charge is -2.25. The number of benzene rings is 8. The van der Waals surface area contributed by atoms with Crippen LogP contribution in [0.15, 0.2) is 122 Å². The summed E-state index contributed by atoms with van der Waals surface area (Å²) < 4.78 is 65.5. The van der Waals surface area contributed by atoms with Gasteiger partial charge >= 0.3 is 0 Å². The van der Waals surface area contributed by atoms with E-state index in [0.717, 1.165) is 133 Å². The Labute approximate surface area is 600 Å². The van der Waals surface area contributed by atoms with Gasteiger partial charge in [-0.05, 0) is 328 Å². The minimum absolute atomic E-state index is 0.0982. The maximum Gasteiger partial charge on any atom is 0.287 e. The molecule has 0 N–H and O–H groups in total. The normalized spacial score (nSPS) is 14.9. The number of para-hydroxylation sites is 1. The molecule has 0 unspecified atom stereocenters. The lowest BCUT2D eigenvalue weighted by molar-refractivity contribution is -0.662. The minimum atomic E-state index is -0.102. The first-order valence-corrected chi connectivity index (χ1v) is 37.1. The van der Waals surface area contributed by atoms with Gasteiger partial charge in [0.25, 0.3) is 25.3 Å². The van der Waals surface area contributed by atoms with Crippen molar-refractivity contribution in [1.82, 2.24) is 19.9 Å². The summed E-state index contributed by atoms with van der Waals surface area (Å²) in [5.41, 5.74) is 28.2. The molecule has 8 nitrogen and oxygen atoms in total. The molecule has 0 aliphatic heterocycles. The first-order chi connectivity index (χ1) is 48.9. The predicted octanol–water partition coefficient (Wildman–Crippen LogP) is 21.0. The van der Waals surface area contributed by atoms with Crippen LogP contribution in [-0.2, 0) is 28.2 Å². The molecule has 0 saturated heterocycles. The van der Waals surface area contributed by atoms with E-state index in [0.29, 0.717) is 45.9 Å². The topological polar surface area (TPSA) is 67.1 Å². The van der Waals surface area contributed by atoms with Crippen molar-refractivity contribution in [2.75, 3.05) is 0 Å². The largest absolute Gasteiger partial charge is 0.287 e. The van der Waals surface area contributed by atoms with Crippen LogP contribution in [0.5, 0.6) is 0 Å². The fraction of sp³-hybridized carbons (Fsp3) is 0.378. The summed E-state index contributed by atoms with van der Waals surface area (Å²) in [6.07, 6.45) is 25.7. The molecule has 524 valence electrons. The number of hydrogen-bond donors (Lipinski definition) is 0. The van der Waals surface area contributed by atoms with E-state index >= 15 is 0 Å². The number of hydrogen-bond acceptors (Lipinski definition) is 4. The highest BCUT2D eigenvalue weighted by molar-refractivity contribution is 5.96. The van der Waals surface area contributed by atoms with Crippen molar-refractivity contribution in [2.45, 2.75) is 197 Å². The van der Waals surface area contributed by atoms with Crippen molar-refractivity contribution in [2.24, 2.45) is 28.2 Å². The fourth-order valence-electron chi connectivity index (χ4n) is 16.6. The summed E-state index contributed by atoms with van der Waals surface area (Å²) in [6, 6.07) is 34.5.